The minimum absolute atomic E-state index is 0.101. The summed E-state index contributed by atoms with van der Waals surface area (Å²) in [6.07, 6.45) is 0. The fourth-order valence-electron chi connectivity index (χ4n) is 1.92. The Labute approximate surface area is 129 Å². The zero-order chi connectivity index (χ0) is 16.0. The van der Waals surface area contributed by atoms with Crippen LogP contribution in [0.3, 0.4) is 0 Å². The van der Waals surface area contributed by atoms with Crippen LogP contribution in [0, 0.1) is 0 Å². The van der Waals surface area contributed by atoms with Gasteiger partial charge in [-0.1, -0.05) is 11.6 Å². The van der Waals surface area contributed by atoms with Gasteiger partial charge in [0.05, 0.1) is 0 Å². The number of amides is 2. The third-order valence-corrected chi connectivity index (χ3v) is 2.94. The maximum atomic E-state index is 12.3. The number of aliphatic carboxylic acids is 1. The van der Waals surface area contributed by atoms with Crippen molar-refractivity contribution >= 4 is 29.3 Å². The molecule has 0 aromatic heterocycles. The predicted molar refractivity (Wildman–Crippen MR) is 83.0 cm³/mol. The number of carboxylic acid groups (broad SMARTS) is 1. The molecule has 0 radical (unpaired) electrons. The van der Waals surface area contributed by atoms with Gasteiger partial charge in [-0.05, 0) is 45.3 Å². The highest BCUT2D eigenvalue weighted by Gasteiger charge is 2.20. The Morgan fingerprint density at radius 2 is 1.86 bits per heavy atom. The van der Waals surface area contributed by atoms with Crippen molar-refractivity contribution in [1.82, 2.24) is 10.2 Å². The van der Waals surface area contributed by atoms with Crippen LogP contribution in [0.4, 0.5) is 10.5 Å². The van der Waals surface area contributed by atoms with E-state index in [4.69, 9.17) is 16.7 Å². The molecule has 1 atom stereocenters. The second-order valence-electron chi connectivity index (χ2n) is 5.07. The molecule has 1 aromatic rings. The van der Waals surface area contributed by atoms with E-state index in [2.05, 4.69) is 5.32 Å². The second-order valence-corrected chi connectivity index (χ2v) is 5.51. The van der Waals surface area contributed by atoms with Gasteiger partial charge in [0.1, 0.15) is 6.54 Å². The molecule has 1 aromatic carbocycles. The number of benzene rings is 1. The number of hydrogen-bond donors (Lipinski definition) is 2. The SMILES string of the molecule is CC(CN(C)C)NC(=O)N(CC(=O)O)c1ccc(Cl)cc1. The van der Waals surface area contributed by atoms with E-state index in [-0.39, 0.29) is 6.04 Å². The number of hydrogen-bond acceptors (Lipinski definition) is 3. The van der Waals surface area contributed by atoms with Crippen molar-refractivity contribution in [3.8, 4) is 0 Å². The number of carbonyl (C=O) groups is 2. The van der Waals surface area contributed by atoms with E-state index in [0.29, 0.717) is 17.3 Å². The van der Waals surface area contributed by atoms with Gasteiger partial charge >= 0.3 is 12.0 Å². The van der Waals surface area contributed by atoms with E-state index < -0.39 is 18.5 Å². The van der Waals surface area contributed by atoms with Crippen LogP contribution in [-0.4, -0.2) is 55.2 Å². The van der Waals surface area contributed by atoms with Crippen LogP contribution < -0.4 is 10.2 Å². The molecule has 0 bridgehead atoms. The summed E-state index contributed by atoms with van der Waals surface area (Å²) in [6.45, 7) is 2.11. The van der Waals surface area contributed by atoms with Gasteiger partial charge < -0.3 is 15.3 Å². The first kappa shape index (κ1) is 17.3. The summed E-state index contributed by atoms with van der Waals surface area (Å²) in [6, 6.07) is 5.90. The number of carboxylic acids is 1. The summed E-state index contributed by atoms with van der Waals surface area (Å²) in [7, 11) is 3.80. The number of nitrogens with one attached hydrogen (secondary N) is 1. The average molecular weight is 314 g/mol. The van der Waals surface area contributed by atoms with Crippen molar-refractivity contribution in [2.75, 3.05) is 32.1 Å². The largest absolute Gasteiger partial charge is 0.480 e. The molecule has 0 saturated heterocycles. The molecule has 0 heterocycles. The molecule has 1 unspecified atom stereocenters. The Morgan fingerprint density at radius 1 is 1.29 bits per heavy atom. The van der Waals surface area contributed by atoms with E-state index >= 15 is 0 Å². The molecule has 2 N–H and O–H groups in total. The number of nitrogens with zero attached hydrogens (tertiary/aromatic N) is 2. The van der Waals surface area contributed by atoms with E-state index in [1.165, 1.54) is 4.90 Å². The molecular weight excluding hydrogens is 294 g/mol. The highest BCUT2D eigenvalue weighted by atomic mass is 35.5. The maximum absolute atomic E-state index is 12.3. The summed E-state index contributed by atoms with van der Waals surface area (Å²) >= 11 is 5.80. The van der Waals surface area contributed by atoms with Crippen LogP contribution in [-0.2, 0) is 4.79 Å². The van der Waals surface area contributed by atoms with Crippen LogP contribution in [0.2, 0.25) is 5.02 Å². The molecular formula is C14H20ClN3O3. The molecule has 0 aliphatic rings. The Hall–Kier alpha value is -1.79. The Balaban J connectivity index is 2.84. The molecule has 7 heteroatoms. The molecule has 0 aliphatic carbocycles. The summed E-state index contributed by atoms with van der Waals surface area (Å²) in [5.41, 5.74) is 0.483. The van der Waals surface area contributed by atoms with Gasteiger partial charge in [-0.15, -0.1) is 0 Å². The minimum Gasteiger partial charge on any atom is -0.480 e. The lowest BCUT2D eigenvalue weighted by molar-refractivity contribution is -0.135. The lowest BCUT2D eigenvalue weighted by Crippen LogP contribution is -2.48. The van der Waals surface area contributed by atoms with Gasteiger partial charge in [-0.25, -0.2) is 4.79 Å². The molecule has 116 valence electrons. The molecule has 6 nitrogen and oxygen atoms in total. The first-order chi connectivity index (χ1) is 9.79. The fraction of sp³-hybridized carbons (Fsp3) is 0.429. The Bertz CT molecular complexity index is 491. The van der Waals surface area contributed by atoms with E-state index in [1.807, 2.05) is 25.9 Å². The van der Waals surface area contributed by atoms with Crippen molar-refractivity contribution in [2.45, 2.75) is 13.0 Å². The van der Waals surface area contributed by atoms with E-state index in [9.17, 15) is 9.59 Å². The Kier molecular flexibility index (Phi) is 6.45. The van der Waals surface area contributed by atoms with Crippen molar-refractivity contribution in [3.05, 3.63) is 29.3 Å². The van der Waals surface area contributed by atoms with Crippen molar-refractivity contribution in [2.24, 2.45) is 0 Å². The van der Waals surface area contributed by atoms with Crippen LogP contribution in [0.5, 0.6) is 0 Å². The number of likely N-dealkylation sites (N-methyl/N-ethyl adjacent to an activating group) is 1. The minimum atomic E-state index is -1.08. The topological polar surface area (TPSA) is 72.9 Å². The highest BCUT2D eigenvalue weighted by Crippen LogP contribution is 2.18. The standard InChI is InChI=1S/C14H20ClN3O3/c1-10(8-17(2)3)16-14(21)18(9-13(19)20)12-6-4-11(15)5-7-12/h4-7,10H,8-9H2,1-3H3,(H,16,21)(H,19,20). The summed E-state index contributed by atoms with van der Waals surface area (Å²) in [5.74, 6) is -1.08. The number of urea groups is 1. The second kappa shape index (κ2) is 7.85. The zero-order valence-corrected chi connectivity index (χ0v) is 13.1. The fourth-order valence-corrected chi connectivity index (χ4v) is 2.04. The van der Waals surface area contributed by atoms with Gasteiger partial charge in [0.2, 0.25) is 0 Å². The van der Waals surface area contributed by atoms with Gasteiger partial charge in [0.25, 0.3) is 0 Å². The lowest BCUT2D eigenvalue weighted by atomic mass is 10.3. The first-order valence-electron chi connectivity index (χ1n) is 6.49. The zero-order valence-electron chi connectivity index (χ0n) is 12.3. The number of carbonyl (C=O) groups excluding carboxylic acids is 1. The summed E-state index contributed by atoms with van der Waals surface area (Å²) in [4.78, 5) is 26.3. The number of anilines is 1. The van der Waals surface area contributed by atoms with Crippen LogP contribution in [0.15, 0.2) is 24.3 Å². The van der Waals surface area contributed by atoms with Gasteiger partial charge in [0.15, 0.2) is 0 Å². The number of halogens is 1. The Morgan fingerprint density at radius 3 is 2.33 bits per heavy atom. The molecule has 2 amide bonds. The smallest absolute Gasteiger partial charge is 0.323 e. The van der Waals surface area contributed by atoms with Crippen LogP contribution in [0.25, 0.3) is 0 Å². The summed E-state index contributed by atoms with van der Waals surface area (Å²) < 4.78 is 0. The molecule has 1 rings (SSSR count). The predicted octanol–water partition coefficient (Wildman–Crippen LogP) is 1.89. The number of rotatable bonds is 6. The van der Waals surface area contributed by atoms with Gasteiger partial charge in [0, 0.05) is 23.3 Å². The van der Waals surface area contributed by atoms with Crippen molar-refractivity contribution in [1.29, 1.82) is 0 Å². The van der Waals surface area contributed by atoms with Gasteiger partial charge in [-0.3, -0.25) is 9.69 Å². The van der Waals surface area contributed by atoms with Crippen molar-refractivity contribution < 1.29 is 14.7 Å². The van der Waals surface area contributed by atoms with Gasteiger partial charge in [-0.2, -0.15) is 0 Å². The summed E-state index contributed by atoms with van der Waals surface area (Å²) in [5, 5.41) is 12.3. The highest BCUT2D eigenvalue weighted by molar-refractivity contribution is 6.30. The first-order valence-corrected chi connectivity index (χ1v) is 6.87. The molecule has 21 heavy (non-hydrogen) atoms. The third kappa shape index (κ3) is 6.01. The molecule has 0 saturated carbocycles. The normalized spacial score (nSPS) is 12.0. The third-order valence-electron chi connectivity index (χ3n) is 2.69. The molecule has 0 aliphatic heterocycles. The van der Waals surface area contributed by atoms with Crippen LogP contribution >= 0.6 is 11.6 Å². The van der Waals surface area contributed by atoms with E-state index in [0.717, 1.165) is 0 Å². The quantitative estimate of drug-likeness (QED) is 0.841. The van der Waals surface area contributed by atoms with E-state index in [1.54, 1.807) is 24.3 Å². The lowest BCUT2D eigenvalue weighted by Gasteiger charge is -2.25. The maximum Gasteiger partial charge on any atom is 0.323 e. The van der Waals surface area contributed by atoms with Crippen molar-refractivity contribution in [3.63, 3.8) is 0 Å². The average Bonchev–Trinajstić information content (AvgIpc) is 2.35. The van der Waals surface area contributed by atoms with Crippen LogP contribution in [0.1, 0.15) is 6.92 Å². The monoisotopic (exact) mass is 313 g/mol. The molecule has 0 fully saturated rings. The molecule has 0 spiro atoms.